The first-order valence-corrected chi connectivity index (χ1v) is 12.4. The fourth-order valence-electron chi connectivity index (χ4n) is 3.66. The normalized spacial score (nSPS) is 14.9. The second-order valence-corrected chi connectivity index (χ2v) is 9.09. The summed E-state index contributed by atoms with van der Waals surface area (Å²) in [5.41, 5.74) is 1.19. The van der Waals surface area contributed by atoms with Crippen LogP contribution in [0.5, 0.6) is 23.0 Å². The lowest BCUT2D eigenvalue weighted by Crippen LogP contribution is -2.26. The molecule has 11 heteroatoms. The topological polar surface area (TPSA) is 104 Å². The SMILES string of the molecule is CCOc1cc(CC2SC(C(=O)Nc3ccc(F)cc3F)=NN2c2ccc(O)c(OCC)c2)ccc1O. The summed E-state index contributed by atoms with van der Waals surface area (Å²) in [7, 11) is 0. The van der Waals surface area contributed by atoms with Crippen LogP contribution >= 0.6 is 11.8 Å². The van der Waals surface area contributed by atoms with E-state index in [1.807, 2.05) is 6.92 Å². The van der Waals surface area contributed by atoms with Crippen molar-refractivity contribution >= 4 is 34.1 Å². The van der Waals surface area contributed by atoms with Crippen molar-refractivity contribution in [3.05, 3.63) is 71.8 Å². The summed E-state index contributed by atoms with van der Waals surface area (Å²) < 4.78 is 38.3. The van der Waals surface area contributed by atoms with E-state index in [-0.39, 0.29) is 28.0 Å². The third-order valence-corrected chi connectivity index (χ3v) is 6.46. The molecule has 1 amide bonds. The number of anilines is 2. The van der Waals surface area contributed by atoms with Crippen LogP contribution < -0.4 is 19.8 Å². The maximum Gasteiger partial charge on any atom is 0.282 e. The Kier molecular flexibility index (Phi) is 8.02. The largest absolute Gasteiger partial charge is 0.504 e. The first kappa shape index (κ1) is 26.1. The number of hydrogen-bond donors (Lipinski definition) is 3. The number of thioether (sulfide) groups is 1. The lowest BCUT2D eigenvalue weighted by molar-refractivity contribution is -0.110. The molecule has 1 aliphatic heterocycles. The van der Waals surface area contributed by atoms with Crippen molar-refractivity contribution in [2.24, 2.45) is 5.10 Å². The van der Waals surface area contributed by atoms with Gasteiger partial charge in [0.1, 0.15) is 17.0 Å². The molecular formula is C26H25F2N3O5S. The third kappa shape index (κ3) is 6.05. The van der Waals surface area contributed by atoms with Gasteiger partial charge >= 0.3 is 0 Å². The third-order valence-electron chi connectivity index (χ3n) is 5.33. The molecule has 0 spiro atoms. The zero-order chi connectivity index (χ0) is 26.5. The minimum atomic E-state index is -0.905. The van der Waals surface area contributed by atoms with Crippen LogP contribution in [-0.2, 0) is 11.2 Å². The number of rotatable bonds is 9. The highest BCUT2D eigenvalue weighted by molar-refractivity contribution is 8.16. The second kappa shape index (κ2) is 11.4. The van der Waals surface area contributed by atoms with Gasteiger partial charge in [0.25, 0.3) is 5.91 Å². The summed E-state index contributed by atoms with van der Waals surface area (Å²) in [4.78, 5) is 13.0. The number of carbonyl (C=O) groups is 1. The number of benzene rings is 3. The van der Waals surface area contributed by atoms with Gasteiger partial charge in [0, 0.05) is 18.6 Å². The molecule has 0 aromatic heterocycles. The first-order valence-electron chi connectivity index (χ1n) is 11.5. The number of phenolic OH excluding ortho intramolecular Hbond substituents is 2. The zero-order valence-corrected chi connectivity index (χ0v) is 20.9. The molecule has 0 saturated carbocycles. The molecule has 3 aromatic carbocycles. The van der Waals surface area contributed by atoms with Crippen LogP contribution in [0.25, 0.3) is 0 Å². The zero-order valence-electron chi connectivity index (χ0n) is 20.1. The van der Waals surface area contributed by atoms with E-state index >= 15 is 0 Å². The van der Waals surface area contributed by atoms with Gasteiger partial charge < -0.3 is 25.0 Å². The number of carbonyl (C=O) groups excluding carboxylic acids is 1. The summed E-state index contributed by atoms with van der Waals surface area (Å²) in [6.45, 7) is 4.31. The lowest BCUT2D eigenvalue weighted by Gasteiger charge is -2.23. The minimum Gasteiger partial charge on any atom is -0.504 e. The van der Waals surface area contributed by atoms with Crippen molar-refractivity contribution in [1.82, 2.24) is 0 Å². The highest BCUT2D eigenvalue weighted by atomic mass is 32.2. The summed E-state index contributed by atoms with van der Waals surface area (Å²) >= 11 is 1.15. The van der Waals surface area contributed by atoms with Gasteiger partial charge in [-0.25, -0.2) is 8.78 Å². The number of amides is 1. The molecule has 194 valence electrons. The van der Waals surface area contributed by atoms with Crippen LogP contribution in [0.1, 0.15) is 19.4 Å². The molecule has 0 bridgehead atoms. The standard InChI is InChI=1S/C26H25F2N3O5S/c1-3-35-22-11-15(5-9-20(22)32)12-24-31(17-7-10-21(33)23(14-17)36-4-2)30-26(37-24)25(34)29-19-8-6-16(27)13-18(19)28/h5-11,13-14,24,32-33H,3-4,12H2,1-2H3,(H,29,34). The molecule has 1 unspecified atom stereocenters. The van der Waals surface area contributed by atoms with Crippen molar-refractivity contribution in [2.75, 3.05) is 23.5 Å². The Morgan fingerprint density at radius 1 is 1.00 bits per heavy atom. The lowest BCUT2D eigenvalue weighted by atomic mass is 10.1. The molecule has 8 nitrogen and oxygen atoms in total. The molecule has 0 fully saturated rings. The van der Waals surface area contributed by atoms with E-state index in [9.17, 15) is 23.8 Å². The number of aromatic hydroxyl groups is 2. The molecule has 0 radical (unpaired) electrons. The van der Waals surface area contributed by atoms with E-state index in [1.54, 1.807) is 36.2 Å². The van der Waals surface area contributed by atoms with Crippen molar-refractivity contribution in [3.63, 3.8) is 0 Å². The van der Waals surface area contributed by atoms with E-state index in [0.29, 0.717) is 37.1 Å². The summed E-state index contributed by atoms with van der Waals surface area (Å²) in [6.07, 6.45) is 0.390. The number of halogens is 2. The first-order chi connectivity index (χ1) is 17.8. The van der Waals surface area contributed by atoms with Gasteiger partial charge in [-0.05, 0) is 55.8 Å². The highest BCUT2D eigenvalue weighted by Crippen LogP contribution is 2.39. The van der Waals surface area contributed by atoms with Gasteiger partial charge in [-0.1, -0.05) is 17.8 Å². The van der Waals surface area contributed by atoms with Crippen LogP contribution in [-0.4, -0.2) is 39.8 Å². The Balaban J connectivity index is 1.64. The van der Waals surface area contributed by atoms with Crippen LogP contribution in [0.15, 0.2) is 59.7 Å². The van der Waals surface area contributed by atoms with Gasteiger partial charge in [0.2, 0.25) is 0 Å². The van der Waals surface area contributed by atoms with Gasteiger partial charge in [-0.2, -0.15) is 5.10 Å². The van der Waals surface area contributed by atoms with E-state index in [1.165, 1.54) is 12.1 Å². The van der Waals surface area contributed by atoms with E-state index < -0.39 is 22.9 Å². The summed E-state index contributed by atoms with van der Waals surface area (Å²) in [5, 5.41) is 28.3. The van der Waals surface area contributed by atoms with E-state index in [0.717, 1.165) is 29.5 Å². The Bertz CT molecular complexity index is 1340. The van der Waals surface area contributed by atoms with Crippen molar-refractivity contribution in [2.45, 2.75) is 25.6 Å². The van der Waals surface area contributed by atoms with Gasteiger partial charge in [-0.15, -0.1) is 0 Å². The Labute approximate surface area is 216 Å². The predicted octanol–water partition coefficient (Wildman–Crippen LogP) is 5.25. The average Bonchev–Trinajstić information content (AvgIpc) is 3.28. The Morgan fingerprint density at radius 2 is 1.68 bits per heavy atom. The molecule has 1 heterocycles. The molecule has 1 aliphatic rings. The summed E-state index contributed by atoms with van der Waals surface area (Å²) in [5.74, 6) is -1.75. The van der Waals surface area contributed by atoms with E-state index in [2.05, 4.69) is 10.4 Å². The number of hydrazone groups is 1. The molecule has 4 rings (SSSR count). The maximum absolute atomic E-state index is 14.1. The fraction of sp³-hybridized carbons (Fsp3) is 0.231. The monoisotopic (exact) mass is 529 g/mol. The summed E-state index contributed by atoms with van der Waals surface area (Å²) in [6, 6.07) is 12.6. The molecule has 0 aliphatic carbocycles. The average molecular weight is 530 g/mol. The van der Waals surface area contributed by atoms with Crippen molar-refractivity contribution < 1.29 is 33.3 Å². The quantitative estimate of drug-likeness (QED) is 0.348. The number of hydrogen-bond acceptors (Lipinski definition) is 8. The number of phenols is 2. The molecule has 0 saturated heterocycles. The minimum absolute atomic E-state index is 0.0130. The molecular weight excluding hydrogens is 504 g/mol. The van der Waals surface area contributed by atoms with Gasteiger partial charge in [0.15, 0.2) is 28.0 Å². The highest BCUT2D eigenvalue weighted by Gasteiger charge is 2.33. The number of nitrogens with zero attached hydrogens (tertiary/aromatic N) is 2. The smallest absolute Gasteiger partial charge is 0.282 e. The Morgan fingerprint density at radius 3 is 2.35 bits per heavy atom. The van der Waals surface area contributed by atoms with Crippen LogP contribution in [0.2, 0.25) is 0 Å². The van der Waals surface area contributed by atoms with E-state index in [4.69, 9.17) is 9.47 Å². The number of ether oxygens (including phenoxy) is 2. The number of nitrogens with one attached hydrogen (secondary N) is 1. The van der Waals surface area contributed by atoms with Crippen LogP contribution in [0.4, 0.5) is 20.2 Å². The fourth-order valence-corrected chi connectivity index (χ4v) is 4.75. The van der Waals surface area contributed by atoms with Gasteiger partial charge in [-0.3, -0.25) is 9.80 Å². The van der Waals surface area contributed by atoms with Crippen molar-refractivity contribution in [3.8, 4) is 23.0 Å². The predicted molar refractivity (Wildman–Crippen MR) is 139 cm³/mol. The molecule has 3 aromatic rings. The molecule has 1 atom stereocenters. The maximum atomic E-state index is 14.1. The van der Waals surface area contributed by atoms with Gasteiger partial charge in [0.05, 0.1) is 24.6 Å². The molecule has 3 N–H and O–H groups in total. The Hall–Kier alpha value is -3.99. The van der Waals surface area contributed by atoms with Crippen LogP contribution in [0, 0.1) is 11.6 Å². The molecule has 37 heavy (non-hydrogen) atoms. The van der Waals surface area contributed by atoms with Crippen LogP contribution in [0.3, 0.4) is 0 Å². The second-order valence-electron chi connectivity index (χ2n) is 7.92. The van der Waals surface area contributed by atoms with Crippen molar-refractivity contribution in [1.29, 1.82) is 0 Å².